The molecule has 1 heterocycles. The Morgan fingerprint density at radius 1 is 0.912 bits per heavy atom. The van der Waals surface area contributed by atoms with Crippen molar-refractivity contribution in [3.63, 3.8) is 0 Å². The van der Waals surface area contributed by atoms with E-state index in [2.05, 4.69) is 10.3 Å². The number of carbonyl (C=O) groups is 1. The van der Waals surface area contributed by atoms with Crippen molar-refractivity contribution in [3.05, 3.63) is 68.4 Å². The minimum atomic E-state index is -5.29. The Labute approximate surface area is 201 Å². The third-order valence-electron chi connectivity index (χ3n) is 4.07. The van der Waals surface area contributed by atoms with Crippen LogP contribution < -0.4 is 4.72 Å². The first-order valence-electron chi connectivity index (χ1n) is 8.44. The van der Waals surface area contributed by atoms with Crippen LogP contribution in [-0.4, -0.2) is 29.3 Å². The summed E-state index contributed by atoms with van der Waals surface area (Å²) in [6.07, 6.45) is -10.3. The van der Waals surface area contributed by atoms with Crippen molar-refractivity contribution in [2.24, 2.45) is 0 Å². The third kappa shape index (κ3) is 5.24. The van der Waals surface area contributed by atoms with Crippen molar-refractivity contribution >= 4 is 50.7 Å². The average Bonchev–Trinajstić information content (AvgIpc) is 3.12. The van der Waals surface area contributed by atoms with Crippen molar-refractivity contribution in [2.45, 2.75) is 17.2 Å². The first-order chi connectivity index (χ1) is 15.5. The predicted molar refractivity (Wildman–Crippen MR) is 107 cm³/mol. The van der Waals surface area contributed by atoms with E-state index in [-0.39, 0.29) is 20.8 Å². The summed E-state index contributed by atoms with van der Waals surface area (Å²) in [6, 6.07) is 4.49. The molecule has 3 aromatic rings. The molecule has 0 saturated carbocycles. The number of halogens is 9. The fourth-order valence-corrected chi connectivity index (χ4v) is 4.59. The van der Waals surface area contributed by atoms with Gasteiger partial charge in [-0.1, -0.05) is 40.0 Å². The number of benzene rings is 2. The first kappa shape index (κ1) is 26.1. The van der Waals surface area contributed by atoms with Crippen LogP contribution in [0.5, 0.6) is 0 Å². The van der Waals surface area contributed by atoms with Gasteiger partial charge in [-0.3, -0.25) is 4.79 Å². The maximum Gasteiger partial charge on any atom is 0.435 e. The highest BCUT2D eigenvalue weighted by molar-refractivity contribution is 7.90. The lowest BCUT2D eigenvalue weighted by atomic mass is 10.2. The molecule has 1 N–H and O–H groups in total. The van der Waals surface area contributed by atoms with Crippen LogP contribution in [0.25, 0.3) is 5.69 Å². The largest absolute Gasteiger partial charge is 0.435 e. The summed E-state index contributed by atoms with van der Waals surface area (Å²) in [6.45, 7) is 0. The van der Waals surface area contributed by atoms with Gasteiger partial charge in [0.15, 0.2) is 11.4 Å². The van der Waals surface area contributed by atoms with Crippen molar-refractivity contribution < 1.29 is 39.6 Å². The molecule has 0 unspecified atom stereocenters. The number of alkyl halides is 6. The maximum absolute atomic E-state index is 13.8. The molecule has 2 aromatic carbocycles. The highest BCUT2D eigenvalue weighted by Crippen LogP contribution is 2.36. The second-order valence-electron chi connectivity index (χ2n) is 6.37. The van der Waals surface area contributed by atoms with Gasteiger partial charge in [0.1, 0.15) is 4.90 Å². The lowest BCUT2D eigenvalue weighted by Crippen LogP contribution is -2.33. The molecule has 0 aliphatic carbocycles. The number of amides is 1. The number of hydrogen-bond acceptors (Lipinski definition) is 5. The zero-order chi connectivity index (χ0) is 25.6. The molecule has 0 saturated heterocycles. The van der Waals surface area contributed by atoms with E-state index < -0.39 is 60.8 Å². The Balaban J connectivity index is 2.07. The third-order valence-corrected chi connectivity index (χ3v) is 6.42. The molecule has 1 aromatic heterocycles. The van der Waals surface area contributed by atoms with Crippen LogP contribution in [-0.2, 0) is 22.4 Å². The molecule has 1 amide bonds. The molecule has 7 nitrogen and oxygen atoms in total. The lowest BCUT2D eigenvalue weighted by molar-refractivity contribution is -0.143. The maximum atomic E-state index is 13.8. The van der Waals surface area contributed by atoms with Crippen molar-refractivity contribution in [3.8, 4) is 5.69 Å². The minimum absolute atomic E-state index is 0.0736. The summed E-state index contributed by atoms with van der Waals surface area (Å²) in [7, 11) is -5.17. The Bertz CT molecular complexity index is 1390. The molecule has 34 heavy (non-hydrogen) atoms. The zero-order valence-corrected chi connectivity index (χ0v) is 18.9. The SMILES string of the molecule is O=C(NS(=O)(=O)c1cc(C(F)(F)F)ccc1Cl)c1nnn(-c2ccc(Cl)cc2Cl)c1C(F)(F)F. The summed E-state index contributed by atoms with van der Waals surface area (Å²) in [5, 5.41) is 5.36. The molecular formula is C17H7Cl3F6N4O3S. The van der Waals surface area contributed by atoms with E-state index in [4.69, 9.17) is 34.8 Å². The second-order valence-corrected chi connectivity index (χ2v) is 9.27. The smallest absolute Gasteiger partial charge is 0.266 e. The number of nitrogens with one attached hydrogen (secondary N) is 1. The summed E-state index contributed by atoms with van der Waals surface area (Å²) in [5.74, 6) is -1.93. The van der Waals surface area contributed by atoms with E-state index in [1.165, 1.54) is 10.8 Å². The highest BCUT2D eigenvalue weighted by atomic mass is 35.5. The molecule has 17 heteroatoms. The van der Waals surface area contributed by atoms with E-state index in [9.17, 15) is 39.6 Å². The predicted octanol–water partition coefficient (Wildman–Crippen LogP) is 5.38. The van der Waals surface area contributed by atoms with E-state index in [1.807, 2.05) is 0 Å². The molecule has 0 bridgehead atoms. The van der Waals surface area contributed by atoms with Gasteiger partial charge in [-0.15, -0.1) is 5.10 Å². The second kappa shape index (κ2) is 8.91. The van der Waals surface area contributed by atoms with Gasteiger partial charge in [-0.05, 0) is 36.4 Å². The van der Waals surface area contributed by atoms with Crippen molar-refractivity contribution in [2.75, 3.05) is 0 Å². The number of carbonyl (C=O) groups excluding carboxylic acids is 1. The average molecular weight is 568 g/mol. The topological polar surface area (TPSA) is 93.9 Å². The number of nitrogens with zero attached hydrogens (tertiary/aromatic N) is 3. The molecule has 0 aliphatic rings. The highest BCUT2D eigenvalue weighted by Gasteiger charge is 2.43. The van der Waals surface area contributed by atoms with Crippen LogP contribution >= 0.6 is 34.8 Å². The normalized spacial score (nSPS) is 12.6. The van der Waals surface area contributed by atoms with Gasteiger partial charge in [0.2, 0.25) is 0 Å². The Hall–Kier alpha value is -2.55. The van der Waals surface area contributed by atoms with Gasteiger partial charge < -0.3 is 0 Å². The summed E-state index contributed by atoms with van der Waals surface area (Å²) in [4.78, 5) is 11.3. The van der Waals surface area contributed by atoms with Crippen LogP contribution in [0.1, 0.15) is 21.7 Å². The first-order valence-corrected chi connectivity index (χ1v) is 11.1. The van der Waals surface area contributed by atoms with Gasteiger partial charge in [0.05, 0.1) is 21.3 Å². The summed E-state index contributed by atoms with van der Waals surface area (Å²) in [5.41, 5.74) is -5.12. The monoisotopic (exact) mass is 566 g/mol. The van der Waals surface area contributed by atoms with Crippen molar-refractivity contribution in [1.82, 2.24) is 19.7 Å². The van der Waals surface area contributed by atoms with E-state index in [0.29, 0.717) is 12.1 Å². The van der Waals surface area contributed by atoms with E-state index in [0.717, 1.165) is 12.1 Å². The van der Waals surface area contributed by atoms with Crippen LogP contribution in [0.15, 0.2) is 41.3 Å². The molecule has 0 atom stereocenters. The molecular weight excluding hydrogens is 561 g/mol. The van der Waals surface area contributed by atoms with Gasteiger partial charge >= 0.3 is 12.4 Å². The molecule has 0 spiro atoms. The van der Waals surface area contributed by atoms with Crippen LogP contribution in [0, 0.1) is 0 Å². The Morgan fingerprint density at radius 2 is 1.56 bits per heavy atom. The van der Waals surface area contributed by atoms with Crippen molar-refractivity contribution in [1.29, 1.82) is 0 Å². The molecule has 0 aliphatic heterocycles. The van der Waals surface area contributed by atoms with Crippen LogP contribution in [0.4, 0.5) is 26.3 Å². The number of rotatable bonds is 4. The summed E-state index contributed by atoms with van der Waals surface area (Å²) < 4.78 is 106. The lowest BCUT2D eigenvalue weighted by Gasteiger charge is -2.13. The Kier molecular flexibility index (Phi) is 6.83. The van der Waals surface area contributed by atoms with E-state index in [1.54, 1.807) is 0 Å². The minimum Gasteiger partial charge on any atom is -0.266 e. The Morgan fingerprint density at radius 3 is 2.12 bits per heavy atom. The van der Waals surface area contributed by atoms with Gasteiger partial charge in [-0.25, -0.2) is 17.8 Å². The molecule has 0 fully saturated rings. The zero-order valence-electron chi connectivity index (χ0n) is 15.8. The molecule has 3 rings (SSSR count). The fraction of sp³-hybridized carbons (Fsp3) is 0.118. The number of aromatic nitrogens is 3. The summed E-state index contributed by atoms with van der Waals surface area (Å²) >= 11 is 17.2. The molecule has 0 radical (unpaired) electrons. The quantitative estimate of drug-likeness (QED) is 0.427. The van der Waals surface area contributed by atoms with Gasteiger partial charge in [-0.2, -0.15) is 26.3 Å². The standard InChI is InChI=1S/C17H7Cl3F6N4O3S/c18-8-2-4-11(10(20)6-8)30-14(17(24,25)26)13(27-29-30)15(31)28-34(32,33)12-5-7(16(21,22)23)1-3-9(12)19/h1-6H,(H,28,31). The van der Waals surface area contributed by atoms with E-state index >= 15 is 0 Å². The number of hydrogen-bond donors (Lipinski definition) is 1. The van der Waals surface area contributed by atoms with Gasteiger partial charge in [0, 0.05) is 5.02 Å². The van der Waals surface area contributed by atoms with Crippen LogP contribution in [0.2, 0.25) is 15.1 Å². The fourth-order valence-electron chi connectivity index (χ4n) is 2.62. The molecule has 182 valence electrons. The van der Waals surface area contributed by atoms with Crippen LogP contribution in [0.3, 0.4) is 0 Å². The van der Waals surface area contributed by atoms with Gasteiger partial charge in [0.25, 0.3) is 15.9 Å². The number of sulfonamides is 1.